The summed E-state index contributed by atoms with van der Waals surface area (Å²) in [6.07, 6.45) is 0.236. The largest absolute Gasteiger partial charge is 0.381 e. The van der Waals surface area contributed by atoms with Crippen molar-refractivity contribution in [3.63, 3.8) is 0 Å². The van der Waals surface area contributed by atoms with Gasteiger partial charge in [-0.15, -0.1) is 0 Å². The van der Waals surface area contributed by atoms with E-state index in [1.807, 2.05) is 13.0 Å². The van der Waals surface area contributed by atoms with Crippen LogP contribution in [0.4, 0.5) is 0 Å². The van der Waals surface area contributed by atoms with Crippen molar-refractivity contribution in [1.29, 1.82) is 0 Å². The second-order valence-corrected chi connectivity index (χ2v) is 4.42. The van der Waals surface area contributed by atoms with E-state index >= 15 is 0 Å². The van der Waals surface area contributed by atoms with E-state index in [0.29, 0.717) is 25.2 Å². The van der Waals surface area contributed by atoms with E-state index in [0.717, 1.165) is 4.47 Å². The SMILES string of the molecule is CCOCCC(=O)CC(=O)c1ccccc1Br. The van der Waals surface area contributed by atoms with Crippen molar-refractivity contribution < 1.29 is 14.3 Å². The molecule has 3 nitrogen and oxygen atoms in total. The van der Waals surface area contributed by atoms with Gasteiger partial charge in [0.25, 0.3) is 0 Å². The number of ether oxygens (including phenoxy) is 1. The van der Waals surface area contributed by atoms with Crippen molar-refractivity contribution in [2.45, 2.75) is 19.8 Å². The molecule has 0 aliphatic heterocycles. The second-order valence-electron chi connectivity index (χ2n) is 3.57. The molecule has 0 radical (unpaired) electrons. The van der Waals surface area contributed by atoms with E-state index in [9.17, 15) is 9.59 Å². The van der Waals surface area contributed by atoms with E-state index in [1.165, 1.54) is 0 Å². The fraction of sp³-hybridized carbons (Fsp3) is 0.385. The molecular formula is C13H15BrO3. The van der Waals surface area contributed by atoms with Crippen molar-refractivity contribution in [2.75, 3.05) is 13.2 Å². The standard InChI is InChI=1S/C13H15BrO3/c1-2-17-8-7-10(15)9-13(16)11-5-3-4-6-12(11)14/h3-6H,2,7-9H2,1H3. The molecule has 0 bridgehead atoms. The topological polar surface area (TPSA) is 43.4 Å². The lowest BCUT2D eigenvalue weighted by atomic mass is 10.1. The predicted molar refractivity (Wildman–Crippen MR) is 69.2 cm³/mol. The maximum atomic E-state index is 11.8. The number of ketones is 2. The molecule has 0 aromatic heterocycles. The Bertz CT molecular complexity index is 401. The van der Waals surface area contributed by atoms with E-state index in [1.54, 1.807) is 18.2 Å². The van der Waals surface area contributed by atoms with Crippen LogP contribution in [-0.2, 0) is 9.53 Å². The van der Waals surface area contributed by atoms with Crippen molar-refractivity contribution in [1.82, 2.24) is 0 Å². The van der Waals surface area contributed by atoms with Crippen LogP contribution in [0.15, 0.2) is 28.7 Å². The Balaban J connectivity index is 2.49. The highest BCUT2D eigenvalue weighted by Crippen LogP contribution is 2.17. The Morgan fingerprint density at radius 2 is 2.00 bits per heavy atom. The first-order valence-electron chi connectivity index (χ1n) is 5.52. The highest BCUT2D eigenvalue weighted by Gasteiger charge is 2.13. The molecule has 1 rings (SSSR count). The first-order chi connectivity index (χ1) is 8.15. The summed E-state index contributed by atoms with van der Waals surface area (Å²) in [7, 11) is 0. The van der Waals surface area contributed by atoms with Crippen molar-refractivity contribution in [3.05, 3.63) is 34.3 Å². The summed E-state index contributed by atoms with van der Waals surface area (Å²) in [5, 5.41) is 0. The van der Waals surface area contributed by atoms with Crippen LogP contribution >= 0.6 is 15.9 Å². The summed E-state index contributed by atoms with van der Waals surface area (Å²) >= 11 is 3.29. The zero-order valence-electron chi connectivity index (χ0n) is 9.74. The minimum absolute atomic E-state index is 0.0598. The van der Waals surface area contributed by atoms with Gasteiger partial charge in [0.2, 0.25) is 0 Å². The number of hydrogen-bond acceptors (Lipinski definition) is 3. The lowest BCUT2D eigenvalue weighted by Gasteiger charge is -2.03. The average Bonchev–Trinajstić information content (AvgIpc) is 2.29. The van der Waals surface area contributed by atoms with Crippen molar-refractivity contribution in [3.8, 4) is 0 Å². The summed E-state index contributed by atoms with van der Waals surface area (Å²) in [5.41, 5.74) is 0.553. The zero-order chi connectivity index (χ0) is 12.7. The highest BCUT2D eigenvalue weighted by atomic mass is 79.9. The number of carbonyl (C=O) groups excluding carboxylic acids is 2. The minimum atomic E-state index is -0.154. The molecule has 0 amide bonds. The molecule has 1 aromatic carbocycles. The van der Waals surface area contributed by atoms with E-state index in [2.05, 4.69) is 15.9 Å². The van der Waals surface area contributed by atoms with Crippen LogP contribution in [0.3, 0.4) is 0 Å². The van der Waals surface area contributed by atoms with Gasteiger partial charge in [-0.3, -0.25) is 9.59 Å². The Kier molecular flexibility index (Phi) is 6.08. The molecule has 0 unspecified atom stereocenters. The summed E-state index contributed by atoms with van der Waals surface area (Å²) in [6, 6.07) is 7.11. The number of halogens is 1. The maximum absolute atomic E-state index is 11.8. The molecule has 92 valence electrons. The Hall–Kier alpha value is -1.000. The van der Waals surface area contributed by atoms with Gasteiger partial charge < -0.3 is 4.74 Å². The van der Waals surface area contributed by atoms with Gasteiger partial charge >= 0.3 is 0 Å². The molecule has 0 aliphatic carbocycles. The van der Waals surface area contributed by atoms with Crippen LogP contribution in [0.2, 0.25) is 0 Å². The van der Waals surface area contributed by atoms with Gasteiger partial charge in [0.15, 0.2) is 5.78 Å². The molecule has 0 atom stereocenters. The second kappa shape index (κ2) is 7.35. The van der Waals surface area contributed by atoms with E-state index < -0.39 is 0 Å². The normalized spacial score (nSPS) is 10.2. The van der Waals surface area contributed by atoms with E-state index in [-0.39, 0.29) is 18.0 Å². The fourth-order valence-corrected chi connectivity index (χ4v) is 1.89. The molecule has 0 saturated heterocycles. The highest BCUT2D eigenvalue weighted by molar-refractivity contribution is 9.10. The molecule has 1 aromatic rings. The van der Waals surface area contributed by atoms with Crippen LogP contribution in [0.25, 0.3) is 0 Å². The maximum Gasteiger partial charge on any atom is 0.171 e. The van der Waals surface area contributed by atoms with Crippen molar-refractivity contribution in [2.24, 2.45) is 0 Å². The molecule has 0 spiro atoms. The van der Waals surface area contributed by atoms with Gasteiger partial charge in [0.05, 0.1) is 13.0 Å². The van der Waals surface area contributed by atoms with E-state index in [4.69, 9.17) is 4.74 Å². The van der Waals surface area contributed by atoms with Crippen LogP contribution < -0.4 is 0 Å². The number of benzene rings is 1. The summed E-state index contributed by atoms with van der Waals surface area (Å²) in [4.78, 5) is 23.3. The van der Waals surface area contributed by atoms with Gasteiger partial charge in [0.1, 0.15) is 5.78 Å². The lowest BCUT2D eigenvalue weighted by Crippen LogP contribution is -2.11. The Morgan fingerprint density at radius 1 is 1.29 bits per heavy atom. The molecule has 0 aliphatic rings. The Labute approximate surface area is 109 Å². The van der Waals surface area contributed by atoms with Crippen LogP contribution in [0, 0.1) is 0 Å². The van der Waals surface area contributed by atoms with Crippen molar-refractivity contribution >= 4 is 27.5 Å². The smallest absolute Gasteiger partial charge is 0.171 e. The number of carbonyl (C=O) groups is 2. The minimum Gasteiger partial charge on any atom is -0.381 e. The third-order valence-electron chi connectivity index (χ3n) is 2.26. The third-order valence-corrected chi connectivity index (χ3v) is 2.95. The fourth-order valence-electron chi connectivity index (χ4n) is 1.38. The van der Waals surface area contributed by atoms with Crippen LogP contribution in [0.1, 0.15) is 30.1 Å². The van der Waals surface area contributed by atoms with Gasteiger partial charge in [0, 0.05) is 23.1 Å². The Morgan fingerprint density at radius 3 is 2.65 bits per heavy atom. The first-order valence-corrected chi connectivity index (χ1v) is 6.31. The molecule has 0 N–H and O–H groups in total. The monoisotopic (exact) mass is 298 g/mol. The number of Topliss-reactive ketones (excluding diaryl/α,β-unsaturated/α-hetero) is 2. The lowest BCUT2D eigenvalue weighted by molar-refractivity contribution is -0.119. The third kappa shape index (κ3) is 4.79. The number of rotatable bonds is 7. The van der Waals surface area contributed by atoms with Gasteiger partial charge in [-0.25, -0.2) is 0 Å². The molecule has 4 heteroatoms. The summed E-state index contributed by atoms with van der Waals surface area (Å²) < 4.78 is 5.80. The quantitative estimate of drug-likeness (QED) is 0.441. The van der Waals surface area contributed by atoms with Crippen LogP contribution in [0.5, 0.6) is 0 Å². The van der Waals surface area contributed by atoms with Gasteiger partial charge in [-0.2, -0.15) is 0 Å². The first kappa shape index (κ1) is 14.1. The molecule has 17 heavy (non-hydrogen) atoms. The predicted octanol–water partition coefficient (Wildman–Crippen LogP) is 3.02. The summed E-state index contributed by atoms with van der Waals surface area (Å²) in [5.74, 6) is -0.238. The average molecular weight is 299 g/mol. The van der Waals surface area contributed by atoms with Gasteiger partial charge in [-0.05, 0) is 13.0 Å². The van der Waals surface area contributed by atoms with Crippen LogP contribution in [-0.4, -0.2) is 24.8 Å². The zero-order valence-corrected chi connectivity index (χ0v) is 11.3. The number of hydrogen-bond donors (Lipinski definition) is 0. The summed E-state index contributed by atoms with van der Waals surface area (Å²) in [6.45, 7) is 2.85. The molecule has 0 fully saturated rings. The molecule has 0 saturated carbocycles. The van der Waals surface area contributed by atoms with Gasteiger partial charge in [-0.1, -0.05) is 34.1 Å². The molecule has 0 heterocycles. The molecular weight excluding hydrogens is 284 g/mol.